The van der Waals surface area contributed by atoms with Gasteiger partial charge in [-0.3, -0.25) is 4.79 Å². The summed E-state index contributed by atoms with van der Waals surface area (Å²) in [7, 11) is 0. The molecule has 3 heteroatoms. The number of phenolic OH excluding ortho intramolecular Hbond substituents is 1. The first-order valence-electron chi connectivity index (χ1n) is 4.67. The Morgan fingerprint density at radius 3 is 2.80 bits per heavy atom. The van der Waals surface area contributed by atoms with E-state index in [1.54, 1.807) is 12.1 Å². The van der Waals surface area contributed by atoms with Crippen LogP contribution in [0.1, 0.15) is 12.5 Å². The number of hydrogen-bond donors (Lipinski definition) is 1. The van der Waals surface area contributed by atoms with Gasteiger partial charge in [0.05, 0.1) is 5.69 Å². The first kappa shape index (κ1) is 11.1. The molecule has 0 atom stereocenters. The molecule has 0 spiro atoms. The molecule has 0 radical (unpaired) electrons. The molecule has 0 aliphatic rings. The average molecular weight is 203 g/mol. The quantitative estimate of drug-likeness (QED) is 0.743. The van der Waals surface area contributed by atoms with Crippen molar-refractivity contribution >= 4 is 11.6 Å². The number of rotatable bonds is 2. The summed E-state index contributed by atoms with van der Waals surface area (Å²) in [5.41, 5.74) is 1.55. The molecule has 1 amide bonds. The Bertz CT molecular complexity index is 418. The van der Waals surface area contributed by atoms with Crippen molar-refractivity contribution in [3.8, 4) is 18.1 Å². The highest BCUT2D eigenvalue weighted by molar-refractivity contribution is 6.05. The molecule has 0 heterocycles. The fraction of sp³-hybridized carbons (Fsp3) is 0.250. The van der Waals surface area contributed by atoms with Crippen molar-refractivity contribution < 1.29 is 9.90 Å². The number of aryl methyl sites for hydroxylation is 1. The van der Waals surface area contributed by atoms with Crippen LogP contribution in [0.4, 0.5) is 5.69 Å². The van der Waals surface area contributed by atoms with E-state index in [2.05, 4.69) is 5.92 Å². The fourth-order valence-corrected chi connectivity index (χ4v) is 1.39. The highest BCUT2D eigenvalue weighted by Crippen LogP contribution is 2.24. The highest BCUT2D eigenvalue weighted by atomic mass is 16.3. The molecule has 0 unspecified atom stereocenters. The van der Waals surface area contributed by atoms with Crippen LogP contribution in [0.5, 0.6) is 5.75 Å². The van der Waals surface area contributed by atoms with Crippen LogP contribution in [0.25, 0.3) is 0 Å². The van der Waals surface area contributed by atoms with Crippen molar-refractivity contribution in [2.75, 3.05) is 11.4 Å². The number of terminal acetylenes is 1. The second kappa shape index (κ2) is 4.52. The Balaban J connectivity index is 3.18. The van der Waals surface area contributed by atoms with Crippen LogP contribution in [0.15, 0.2) is 18.2 Å². The van der Waals surface area contributed by atoms with E-state index in [9.17, 15) is 9.90 Å². The number of hydrogen-bond acceptors (Lipinski definition) is 2. The van der Waals surface area contributed by atoms with Crippen molar-refractivity contribution in [1.82, 2.24) is 0 Å². The highest BCUT2D eigenvalue weighted by Gasteiger charge is 2.13. The van der Waals surface area contributed by atoms with E-state index in [-0.39, 0.29) is 5.75 Å². The number of carbonyl (C=O) groups is 1. The topological polar surface area (TPSA) is 40.5 Å². The summed E-state index contributed by atoms with van der Waals surface area (Å²) in [6.45, 7) is 4.17. The third-order valence-electron chi connectivity index (χ3n) is 2.17. The summed E-state index contributed by atoms with van der Waals surface area (Å²) in [5.74, 6) is 1.79. The third-order valence-corrected chi connectivity index (χ3v) is 2.17. The molecule has 15 heavy (non-hydrogen) atoms. The Hall–Kier alpha value is -1.95. The second-order valence-corrected chi connectivity index (χ2v) is 3.16. The van der Waals surface area contributed by atoms with E-state index in [1.807, 2.05) is 13.8 Å². The smallest absolute Gasteiger partial charge is 0.302 e. The van der Waals surface area contributed by atoms with Crippen molar-refractivity contribution in [2.24, 2.45) is 0 Å². The summed E-state index contributed by atoms with van der Waals surface area (Å²) in [6.07, 6.45) is 5.07. The van der Waals surface area contributed by atoms with Gasteiger partial charge < -0.3 is 10.0 Å². The summed E-state index contributed by atoms with van der Waals surface area (Å²) >= 11 is 0. The lowest BCUT2D eigenvalue weighted by molar-refractivity contribution is -0.113. The van der Waals surface area contributed by atoms with Gasteiger partial charge >= 0.3 is 5.91 Å². The number of amides is 1. The lowest BCUT2D eigenvalue weighted by Gasteiger charge is -2.20. The summed E-state index contributed by atoms with van der Waals surface area (Å²) in [5, 5.41) is 9.35. The van der Waals surface area contributed by atoms with Crippen molar-refractivity contribution in [3.63, 3.8) is 0 Å². The van der Waals surface area contributed by atoms with Gasteiger partial charge in [-0.1, -0.05) is 6.07 Å². The number of aromatic hydroxyl groups is 1. The second-order valence-electron chi connectivity index (χ2n) is 3.16. The lowest BCUT2D eigenvalue weighted by Crippen LogP contribution is -2.29. The normalized spacial score (nSPS) is 9.40. The molecule has 0 aromatic heterocycles. The predicted molar refractivity (Wildman–Crippen MR) is 59.7 cm³/mol. The summed E-state index contributed by atoms with van der Waals surface area (Å²) in [4.78, 5) is 12.9. The average Bonchev–Trinajstić information content (AvgIpc) is 2.23. The van der Waals surface area contributed by atoms with Gasteiger partial charge in [-0.15, -0.1) is 6.42 Å². The van der Waals surface area contributed by atoms with Crippen LogP contribution < -0.4 is 4.90 Å². The molecule has 3 nitrogen and oxygen atoms in total. The number of benzene rings is 1. The monoisotopic (exact) mass is 203 g/mol. The van der Waals surface area contributed by atoms with Crippen LogP contribution in [-0.4, -0.2) is 17.6 Å². The standard InChI is InChI=1S/C12H13NO2/c1-4-12(15)13(5-2)11-8-10(14)7-6-9(11)3/h1,6-8,14H,5H2,2-3H3. The van der Waals surface area contributed by atoms with Gasteiger partial charge in [0.1, 0.15) is 5.75 Å². The molecule has 0 saturated carbocycles. The maximum Gasteiger partial charge on any atom is 0.302 e. The van der Waals surface area contributed by atoms with E-state index in [1.165, 1.54) is 11.0 Å². The van der Waals surface area contributed by atoms with Crippen LogP contribution in [0, 0.1) is 19.3 Å². The number of phenols is 1. The molecular formula is C12H13NO2. The van der Waals surface area contributed by atoms with Crippen LogP contribution in [0.3, 0.4) is 0 Å². The minimum Gasteiger partial charge on any atom is -0.508 e. The predicted octanol–water partition coefficient (Wildman–Crippen LogP) is 1.69. The van der Waals surface area contributed by atoms with E-state index in [4.69, 9.17) is 6.42 Å². The van der Waals surface area contributed by atoms with Crippen molar-refractivity contribution in [1.29, 1.82) is 0 Å². The maximum atomic E-state index is 11.4. The van der Waals surface area contributed by atoms with E-state index < -0.39 is 5.91 Å². The molecule has 0 aliphatic heterocycles. The Morgan fingerprint density at radius 1 is 1.60 bits per heavy atom. The molecule has 0 bridgehead atoms. The Labute approximate surface area is 89.3 Å². The van der Waals surface area contributed by atoms with E-state index in [0.717, 1.165) is 5.56 Å². The van der Waals surface area contributed by atoms with Crippen LogP contribution in [0.2, 0.25) is 0 Å². The number of anilines is 1. The molecule has 1 aromatic rings. The summed E-state index contributed by atoms with van der Waals surface area (Å²) < 4.78 is 0. The van der Waals surface area contributed by atoms with Crippen molar-refractivity contribution in [3.05, 3.63) is 23.8 Å². The molecular weight excluding hydrogens is 190 g/mol. The zero-order valence-corrected chi connectivity index (χ0v) is 8.82. The minimum atomic E-state index is -0.397. The molecule has 78 valence electrons. The molecule has 1 aromatic carbocycles. The van der Waals surface area contributed by atoms with Crippen LogP contribution >= 0.6 is 0 Å². The number of carbonyl (C=O) groups excluding carboxylic acids is 1. The van der Waals surface area contributed by atoms with Crippen LogP contribution in [-0.2, 0) is 4.79 Å². The summed E-state index contributed by atoms with van der Waals surface area (Å²) in [6, 6.07) is 4.86. The van der Waals surface area contributed by atoms with Gasteiger partial charge in [-0.2, -0.15) is 0 Å². The van der Waals surface area contributed by atoms with Gasteiger partial charge in [0.25, 0.3) is 0 Å². The van der Waals surface area contributed by atoms with E-state index in [0.29, 0.717) is 12.2 Å². The number of nitrogens with zero attached hydrogens (tertiary/aromatic N) is 1. The van der Waals surface area contributed by atoms with Gasteiger partial charge in [-0.25, -0.2) is 0 Å². The third kappa shape index (κ3) is 2.29. The van der Waals surface area contributed by atoms with Gasteiger partial charge in [0.2, 0.25) is 0 Å². The Kier molecular flexibility index (Phi) is 3.35. The zero-order valence-electron chi connectivity index (χ0n) is 8.82. The Morgan fingerprint density at radius 2 is 2.27 bits per heavy atom. The molecule has 0 saturated heterocycles. The minimum absolute atomic E-state index is 0.124. The van der Waals surface area contributed by atoms with Gasteiger partial charge in [0, 0.05) is 12.6 Å². The first-order valence-corrected chi connectivity index (χ1v) is 4.67. The largest absolute Gasteiger partial charge is 0.508 e. The molecule has 0 fully saturated rings. The van der Waals surface area contributed by atoms with E-state index >= 15 is 0 Å². The fourth-order valence-electron chi connectivity index (χ4n) is 1.39. The zero-order chi connectivity index (χ0) is 11.4. The van der Waals surface area contributed by atoms with Crippen molar-refractivity contribution in [2.45, 2.75) is 13.8 Å². The molecule has 1 N–H and O–H groups in total. The van der Waals surface area contributed by atoms with Gasteiger partial charge in [0.15, 0.2) is 0 Å². The maximum absolute atomic E-state index is 11.4. The SMILES string of the molecule is C#CC(=O)N(CC)c1cc(O)ccc1C. The molecule has 0 aliphatic carbocycles. The van der Waals surface area contributed by atoms with Gasteiger partial charge in [-0.05, 0) is 31.4 Å². The lowest BCUT2D eigenvalue weighted by atomic mass is 10.1. The molecule has 1 rings (SSSR count). The first-order chi connectivity index (χ1) is 7.10.